The molecule has 1 atom stereocenters. The molecule has 2 rings (SSSR count). The number of rotatable bonds is 4. The first kappa shape index (κ1) is 16.4. The second kappa shape index (κ2) is 6.42. The Morgan fingerprint density at radius 1 is 1.18 bits per heavy atom. The van der Waals surface area contributed by atoms with Crippen LogP contribution in [0.1, 0.15) is 20.7 Å². The molecule has 0 bridgehead atoms. The van der Waals surface area contributed by atoms with Crippen LogP contribution in [0.4, 0.5) is 0 Å². The standard InChI is InChI=1S/C15H17NO5Si/c1-22(2,3)9-8-11(21-19)10-20-16-14(17)12-6-4-5-7-13(12)15(16)18/h4-7,11,19H,10H2,1-3H3. The van der Waals surface area contributed by atoms with Crippen LogP contribution in [-0.4, -0.2) is 42.9 Å². The van der Waals surface area contributed by atoms with Gasteiger partial charge < -0.3 is 0 Å². The maximum Gasteiger partial charge on any atom is 0.285 e. The van der Waals surface area contributed by atoms with Gasteiger partial charge in [-0.2, -0.15) is 0 Å². The van der Waals surface area contributed by atoms with E-state index in [1.807, 2.05) is 19.6 Å². The molecule has 1 aromatic rings. The maximum atomic E-state index is 12.1. The molecule has 0 fully saturated rings. The van der Waals surface area contributed by atoms with Crippen LogP contribution in [0.25, 0.3) is 0 Å². The molecule has 0 radical (unpaired) electrons. The van der Waals surface area contributed by atoms with Crippen molar-refractivity contribution < 1.29 is 24.6 Å². The summed E-state index contributed by atoms with van der Waals surface area (Å²) in [6.07, 6.45) is -0.920. The lowest BCUT2D eigenvalue weighted by atomic mass is 10.1. The molecule has 1 N–H and O–H groups in total. The third kappa shape index (κ3) is 3.61. The van der Waals surface area contributed by atoms with Crippen molar-refractivity contribution in [3.63, 3.8) is 0 Å². The number of benzene rings is 1. The van der Waals surface area contributed by atoms with E-state index < -0.39 is 26.0 Å². The minimum absolute atomic E-state index is 0.223. The quantitative estimate of drug-likeness (QED) is 0.302. The van der Waals surface area contributed by atoms with Crippen molar-refractivity contribution in [3.8, 4) is 11.5 Å². The molecule has 0 saturated heterocycles. The number of hydroxylamine groups is 2. The first-order valence-electron chi connectivity index (χ1n) is 6.77. The molecule has 1 aliphatic heterocycles. The van der Waals surface area contributed by atoms with E-state index in [0.29, 0.717) is 16.2 Å². The number of hydrogen-bond acceptors (Lipinski definition) is 5. The Hall–Kier alpha value is -1.98. The van der Waals surface area contributed by atoms with Gasteiger partial charge >= 0.3 is 0 Å². The van der Waals surface area contributed by atoms with E-state index in [1.165, 1.54) is 0 Å². The summed E-state index contributed by atoms with van der Waals surface area (Å²) >= 11 is 0. The highest BCUT2D eigenvalue weighted by Gasteiger charge is 2.36. The van der Waals surface area contributed by atoms with Crippen LogP contribution in [0.2, 0.25) is 19.6 Å². The van der Waals surface area contributed by atoms with Gasteiger partial charge in [-0.25, -0.2) is 4.89 Å². The minimum Gasteiger partial charge on any atom is -0.266 e. The lowest BCUT2D eigenvalue weighted by molar-refractivity contribution is -0.280. The average molecular weight is 319 g/mol. The van der Waals surface area contributed by atoms with Crippen molar-refractivity contribution in [2.75, 3.05) is 6.61 Å². The molecule has 1 unspecified atom stereocenters. The van der Waals surface area contributed by atoms with Crippen LogP contribution >= 0.6 is 0 Å². The largest absolute Gasteiger partial charge is 0.285 e. The Bertz CT molecular complexity index is 621. The van der Waals surface area contributed by atoms with Crippen molar-refractivity contribution in [1.82, 2.24) is 5.06 Å². The third-order valence-electron chi connectivity index (χ3n) is 2.85. The molecule has 0 saturated carbocycles. The molecule has 0 aliphatic carbocycles. The lowest BCUT2D eigenvalue weighted by Crippen LogP contribution is -2.33. The van der Waals surface area contributed by atoms with E-state index in [9.17, 15) is 9.59 Å². The van der Waals surface area contributed by atoms with Crippen LogP contribution in [0.3, 0.4) is 0 Å². The third-order valence-corrected chi connectivity index (χ3v) is 3.74. The van der Waals surface area contributed by atoms with E-state index >= 15 is 0 Å². The molecular weight excluding hydrogens is 302 g/mol. The zero-order chi connectivity index (χ0) is 16.3. The first-order valence-corrected chi connectivity index (χ1v) is 10.3. The summed E-state index contributed by atoms with van der Waals surface area (Å²) in [7, 11) is -1.63. The number of nitrogens with zero attached hydrogens (tertiary/aromatic N) is 1. The second-order valence-electron chi connectivity index (χ2n) is 5.86. The molecule has 1 heterocycles. The monoisotopic (exact) mass is 319 g/mol. The summed E-state index contributed by atoms with van der Waals surface area (Å²) in [5.74, 6) is 1.69. The zero-order valence-electron chi connectivity index (χ0n) is 12.6. The predicted octanol–water partition coefficient (Wildman–Crippen LogP) is 1.95. The topological polar surface area (TPSA) is 76.1 Å². The van der Waals surface area contributed by atoms with Gasteiger partial charge in [0.25, 0.3) is 11.8 Å². The van der Waals surface area contributed by atoms with Gasteiger partial charge in [0, 0.05) is 0 Å². The smallest absolute Gasteiger partial charge is 0.266 e. The van der Waals surface area contributed by atoms with Crippen LogP contribution in [0.5, 0.6) is 0 Å². The molecular formula is C15H17NO5Si. The molecule has 7 heteroatoms. The summed E-state index contributed by atoms with van der Waals surface area (Å²) in [5, 5.41) is 9.52. The van der Waals surface area contributed by atoms with Gasteiger partial charge in [0.1, 0.15) is 14.7 Å². The fourth-order valence-electron chi connectivity index (χ4n) is 1.82. The van der Waals surface area contributed by atoms with E-state index in [2.05, 4.69) is 16.4 Å². The summed E-state index contributed by atoms with van der Waals surface area (Å²) in [6.45, 7) is 5.90. The summed E-state index contributed by atoms with van der Waals surface area (Å²) < 4.78 is 0. The fraction of sp³-hybridized carbons (Fsp3) is 0.333. The highest BCUT2D eigenvalue weighted by atomic mass is 28.3. The van der Waals surface area contributed by atoms with E-state index in [-0.39, 0.29) is 6.61 Å². The molecule has 6 nitrogen and oxygen atoms in total. The molecule has 0 spiro atoms. The van der Waals surface area contributed by atoms with E-state index in [0.717, 1.165) is 0 Å². The Morgan fingerprint density at radius 2 is 1.73 bits per heavy atom. The lowest BCUT2D eigenvalue weighted by Gasteiger charge is -2.15. The van der Waals surface area contributed by atoms with Gasteiger partial charge in [-0.1, -0.05) is 37.7 Å². The Kier molecular flexibility index (Phi) is 4.78. The number of imide groups is 1. The summed E-state index contributed by atoms with van der Waals surface area (Å²) in [4.78, 5) is 33.6. The summed E-state index contributed by atoms with van der Waals surface area (Å²) in [6, 6.07) is 6.47. The van der Waals surface area contributed by atoms with Gasteiger partial charge in [-0.15, -0.1) is 10.6 Å². The average Bonchev–Trinajstić information content (AvgIpc) is 2.71. The van der Waals surface area contributed by atoms with E-state index in [4.69, 9.17) is 10.1 Å². The predicted molar refractivity (Wildman–Crippen MR) is 81.5 cm³/mol. The Labute approximate surface area is 129 Å². The number of hydrogen-bond donors (Lipinski definition) is 1. The van der Waals surface area contributed by atoms with Gasteiger partial charge in [0.15, 0.2) is 6.10 Å². The Balaban J connectivity index is 2.04. The number of carbonyl (C=O) groups is 2. The molecule has 2 amide bonds. The van der Waals surface area contributed by atoms with Crippen molar-refractivity contribution in [1.29, 1.82) is 0 Å². The van der Waals surface area contributed by atoms with Crippen molar-refractivity contribution in [3.05, 3.63) is 35.4 Å². The van der Waals surface area contributed by atoms with Gasteiger partial charge in [-0.05, 0) is 12.1 Å². The molecule has 0 aromatic heterocycles. The molecule has 22 heavy (non-hydrogen) atoms. The highest BCUT2D eigenvalue weighted by Crippen LogP contribution is 2.22. The zero-order valence-corrected chi connectivity index (χ0v) is 13.6. The van der Waals surface area contributed by atoms with Crippen LogP contribution in [0, 0.1) is 11.5 Å². The Morgan fingerprint density at radius 3 is 2.18 bits per heavy atom. The number of amides is 2. The van der Waals surface area contributed by atoms with Crippen LogP contribution in [0.15, 0.2) is 24.3 Å². The first-order chi connectivity index (χ1) is 10.3. The SMILES string of the molecule is C[Si](C)(C)C#CC(CON1C(=O)c2ccccc2C1=O)OO. The maximum absolute atomic E-state index is 12.1. The van der Waals surface area contributed by atoms with Crippen molar-refractivity contribution in [2.45, 2.75) is 25.7 Å². The minimum atomic E-state index is -1.63. The van der Waals surface area contributed by atoms with Crippen molar-refractivity contribution in [2.24, 2.45) is 0 Å². The van der Waals surface area contributed by atoms with Crippen LogP contribution < -0.4 is 0 Å². The van der Waals surface area contributed by atoms with E-state index in [1.54, 1.807) is 24.3 Å². The molecule has 1 aliphatic rings. The normalized spacial score (nSPS) is 15.4. The van der Waals surface area contributed by atoms with Gasteiger partial charge in [0.05, 0.1) is 11.1 Å². The van der Waals surface area contributed by atoms with Crippen molar-refractivity contribution >= 4 is 19.9 Å². The summed E-state index contributed by atoms with van der Waals surface area (Å²) in [5.41, 5.74) is 3.61. The highest BCUT2D eigenvalue weighted by molar-refractivity contribution is 6.83. The molecule has 116 valence electrons. The number of carbonyl (C=O) groups excluding carboxylic acids is 2. The second-order valence-corrected chi connectivity index (χ2v) is 10.6. The number of fused-ring (bicyclic) bond motifs is 1. The van der Waals surface area contributed by atoms with Crippen LogP contribution in [-0.2, 0) is 9.73 Å². The van der Waals surface area contributed by atoms with Gasteiger partial charge in [0.2, 0.25) is 0 Å². The fourth-order valence-corrected chi connectivity index (χ4v) is 2.42. The van der Waals surface area contributed by atoms with Gasteiger partial charge in [-0.3, -0.25) is 19.7 Å². The molecule has 1 aromatic carbocycles.